The van der Waals surface area contributed by atoms with Crippen LogP contribution in [0.3, 0.4) is 0 Å². The number of rotatable bonds is 7. The lowest BCUT2D eigenvalue weighted by Crippen LogP contribution is -2.54. The Bertz CT molecular complexity index is 1080. The van der Waals surface area contributed by atoms with Crippen LogP contribution >= 0.6 is 15.9 Å². The molecule has 1 aliphatic heterocycles. The summed E-state index contributed by atoms with van der Waals surface area (Å²) in [5, 5.41) is 12.8. The second kappa shape index (κ2) is 9.43. The van der Waals surface area contributed by atoms with Gasteiger partial charge in [0, 0.05) is 4.47 Å². The van der Waals surface area contributed by atoms with E-state index in [0.29, 0.717) is 11.3 Å². The quantitative estimate of drug-likeness (QED) is 0.464. The largest absolute Gasteiger partial charge is 0.546 e. The Labute approximate surface area is 185 Å². The predicted octanol–water partition coefficient (Wildman–Crippen LogP) is 1.64. The molecular formula is C21H16BrN2O7-. The van der Waals surface area contributed by atoms with E-state index >= 15 is 0 Å². The number of nitrogens with one attached hydrogen (secondary N) is 1. The smallest absolute Gasteiger partial charge is 0.335 e. The second-order valence-electron chi connectivity index (χ2n) is 6.23. The lowest BCUT2D eigenvalue weighted by molar-refractivity contribution is -0.307. The standard InChI is InChI=1S/C21H17BrN2O7/c1-2-30-17-10-12(3-8-16(17)31-11-18(25)26)9-15-19(27)23-21(29)24(20(15)28)14-6-4-13(22)5-7-14/h3-10H,2,11H2,1H3,(H,25,26)(H,23,27,29)/p-1/b15-9-. The molecule has 3 rings (SSSR count). The Morgan fingerprint density at radius 3 is 2.45 bits per heavy atom. The third-order valence-electron chi connectivity index (χ3n) is 4.11. The third kappa shape index (κ3) is 5.10. The Morgan fingerprint density at radius 2 is 1.81 bits per heavy atom. The van der Waals surface area contributed by atoms with E-state index in [0.717, 1.165) is 9.37 Å². The maximum atomic E-state index is 12.9. The van der Waals surface area contributed by atoms with E-state index in [4.69, 9.17) is 9.47 Å². The fraction of sp³-hybridized carbons (Fsp3) is 0.143. The molecular weight excluding hydrogens is 472 g/mol. The molecule has 0 radical (unpaired) electrons. The van der Waals surface area contributed by atoms with Crippen molar-refractivity contribution in [2.24, 2.45) is 0 Å². The van der Waals surface area contributed by atoms with E-state index in [1.54, 1.807) is 31.2 Å². The van der Waals surface area contributed by atoms with Gasteiger partial charge in [0.2, 0.25) is 0 Å². The Kier molecular flexibility index (Phi) is 6.71. The molecule has 0 unspecified atom stereocenters. The van der Waals surface area contributed by atoms with Gasteiger partial charge in [0.05, 0.1) is 18.3 Å². The number of benzene rings is 2. The van der Waals surface area contributed by atoms with Gasteiger partial charge in [-0.25, -0.2) is 9.69 Å². The second-order valence-corrected chi connectivity index (χ2v) is 7.15. The zero-order valence-electron chi connectivity index (χ0n) is 16.2. The number of carboxylic acid groups (broad SMARTS) is 1. The van der Waals surface area contributed by atoms with Crippen molar-refractivity contribution in [2.75, 3.05) is 18.1 Å². The molecule has 0 atom stereocenters. The molecule has 31 heavy (non-hydrogen) atoms. The van der Waals surface area contributed by atoms with Gasteiger partial charge in [0.1, 0.15) is 12.2 Å². The van der Waals surface area contributed by atoms with Gasteiger partial charge in [-0.05, 0) is 55.0 Å². The lowest BCUT2D eigenvalue weighted by atomic mass is 10.1. The minimum Gasteiger partial charge on any atom is -0.546 e. The molecule has 9 nitrogen and oxygen atoms in total. The normalized spacial score (nSPS) is 15.1. The van der Waals surface area contributed by atoms with Gasteiger partial charge in [-0.15, -0.1) is 0 Å². The maximum Gasteiger partial charge on any atom is 0.335 e. The van der Waals surface area contributed by atoms with Crippen LogP contribution in [0, 0.1) is 0 Å². The summed E-state index contributed by atoms with van der Waals surface area (Å²) in [4.78, 5) is 49.0. The van der Waals surface area contributed by atoms with Crippen LogP contribution in [0.2, 0.25) is 0 Å². The van der Waals surface area contributed by atoms with Gasteiger partial charge in [-0.1, -0.05) is 22.0 Å². The first-order chi connectivity index (χ1) is 14.8. The molecule has 0 bridgehead atoms. The number of anilines is 1. The zero-order valence-corrected chi connectivity index (χ0v) is 17.8. The average Bonchev–Trinajstić information content (AvgIpc) is 2.72. The summed E-state index contributed by atoms with van der Waals surface area (Å²) in [6.45, 7) is 1.34. The highest BCUT2D eigenvalue weighted by atomic mass is 79.9. The highest BCUT2D eigenvalue weighted by molar-refractivity contribution is 9.10. The molecule has 1 saturated heterocycles. The highest BCUT2D eigenvalue weighted by Gasteiger charge is 2.36. The van der Waals surface area contributed by atoms with Crippen LogP contribution in [0.15, 0.2) is 52.5 Å². The number of urea groups is 1. The van der Waals surface area contributed by atoms with Crippen molar-refractivity contribution in [2.45, 2.75) is 6.92 Å². The number of halogens is 1. The lowest BCUT2D eigenvalue weighted by Gasteiger charge is -2.26. The number of amides is 4. The molecule has 1 heterocycles. The minimum atomic E-state index is -1.39. The molecule has 1 fully saturated rings. The van der Waals surface area contributed by atoms with Crippen LogP contribution in [-0.2, 0) is 14.4 Å². The molecule has 1 N–H and O–H groups in total. The van der Waals surface area contributed by atoms with Crippen molar-refractivity contribution in [1.82, 2.24) is 5.32 Å². The number of imide groups is 2. The maximum absolute atomic E-state index is 12.9. The minimum absolute atomic E-state index is 0.166. The van der Waals surface area contributed by atoms with Crippen molar-refractivity contribution in [3.05, 3.63) is 58.1 Å². The Hall–Kier alpha value is -3.66. The van der Waals surface area contributed by atoms with Crippen molar-refractivity contribution >= 4 is 51.5 Å². The number of nitrogens with zero attached hydrogens (tertiary/aromatic N) is 1. The van der Waals surface area contributed by atoms with Crippen LogP contribution in [0.5, 0.6) is 11.5 Å². The summed E-state index contributed by atoms with van der Waals surface area (Å²) in [6.07, 6.45) is 1.31. The number of barbiturate groups is 1. The van der Waals surface area contributed by atoms with Gasteiger partial charge >= 0.3 is 6.03 Å². The number of carbonyl (C=O) groups is 4. The number of aliphatic carboxylic acids is 1. The molecule has 0 aliphatic carbocycles. The Morgan fingerprint density at radius 1 is 1.10 bits per heavy atom. The zero-order chi connectivity index (χ0) is 22.5. The number of hydrogen-bond acceptors (Lipinski definition) is 7. The third-order valence-corrected chi connectivity index (χ3v) is 4.64. The molecule has 10 heteroatoms. The van der Waals surface area contributed by atoms with Crippen LogP contribution in [0.1, 0.15) is 12.5 Å². The number of ether oxygens (including phenoxy) is 2. The van der Waals surface area contributed by atoms with Crippen LogP contribution in [0.4, 0.5) is 10.5 Å². The van der Waals surface area contributed by atoms with E-state index in [2.05, 4.69) is 21.2 Å². The van der Waals surface area contributed by atoms with Crippen LogP contribution in [0.25, 0.3) is 6.08 Å². The van der Waals surface area contributed by atoms with E-state index in [1.165, 1.54) is 24.3 Å². The molecule has 0 aromatic heterocycles. The van der Waals surface area contributed by atoms with Crippen LogP contribution < -0.4 is 24.8 Å². The topological polar surface area (TPSA) is 125 Å². The van der Waals surface area contributed by atoms with Crippen molar-refractivity contribution in [3.63, 3.8) is 0 Å². The molecule has 0 saturated carbocycles. The first-order valence-electron chi connectivity index (χ1n) is 9.06. The van der Waals surface area contributed by atoms with Gasteiger partial charge in [-0.2, -0.15) is 0 Å². The van der Waals surface area contributed by atoms with Crippen molar-refractivity contribution in [1.29, 1.82) is 0 Å². The van der Waals surface area contributed by atoms with Gasteiger partial charge in [0.15, 0.2) is 11.5 Å². The van der Waals surface area contributed by atoms with Gasteiger partial charge < -0.3 is 19.4 Å². The SMILES string of the molecule is CCOc1cc(/C=C2/C(=O)NC(=O)N(c3ccc(Br)cc3)C2=O)ccc1OCC(=O)[O-]. The molecule has 4 amide bonds. The molecule has 1 aliphatic rings. The fourth-order valence-electron chi connectivity index (χ4n) is 2.79. The fourth-order valence-corrected chi connectivity index (χ4v) is 3.05. The first kappa shape index (κ1) is 22.0. The van der Waals surface area contributed by atoms with Gasteiger partial charge in [0.25, 0.3) is 11.8 Å². The summed E-state index contributed by atoms with van der Waals surface area (Å²) in [7, 11) is 0. The number of carbonyl (C=O) groups excluding carboxylic acids is 4. The molecule has 2 aromatic carbocycles. The van der Waals surface area contributed by atoms with E-state index in [9.17, 15) is 24.3 Å². The van der Waals surface area contributed by atoms with Gasteiger partial charge in [-0.3, -0.25) is 14.9 Å². The first-order valence-corrected chi connectivity index (χ1v) is 9.86. The monoisotopic (exact) mass is 487 g/mol. The van der Waals surface area contributed by atoms with E-state index in [-0.39, 0.29) is 23.7 Å². The van der Waals surface area contributed by atoms with Crippen molar-refractivity contribution < 1.29 is 33.8 Å². The summed E-state index contributed by atoms with van der Waals surface area (Å²) in [6, 6.07) is 10.0. The summed E-state index contributed by atoms with van der Waals surface area (Å²) in [5.74, 6) is -2.62. The predicted molar refractivity (Wildman–Crippen MR) is 111 cm³/mol. The molecule has 2 aromatic rings. The van der Waals surface area contributed by atoms with E-state index in [1.807, 2.05) is 0 Å². The molecule has 160 valence electrons. The number of carboxylic acids is 1. The Balaban J connectivity index is 1.95. The van der Waals surface area contributed by atoms with Crippen LogP contribution in [-0.4, -0.2) is 37.0 Å². The summed E-state index contributed by atoms with van der Waals surface area (Å²) in [5.41, 5.74) is 0.450. The summed E-state index contributed by atoms with van der Waals surface area (Å²) >= 11 is 3.28. The van der Waals surface area contributed by atoms with E-state index < -0.39 is 30.4 Å². The molecule has 0 spiro atoms. The summed E-state index contributed by atoms with van der Waals surface area (Å²) < 4.78 is 11.3. The highest BCUT2D eigenvalue weighted by Crippen LogP contribution is 2.30. The average molecular weight is 488 g/mol. The number of hydrogen-bond donors (Lipinski definition) is 1. The van der Waals surface area contributed by atoms with Crippen molar-refractivity contribution in [3.8, 4) is 11.5 Å².